The van der Waals surface area contributed by atoms with Crippen LogP contribution in [0, 0.1) is 5.41 Å². The number of rotatable bonds is 0. The molecule has 25 heteroatoms. The molecule has 0 aromatic heterocycles. The smallest absolute Gasteiger partial charge is 0.354 e. The molecule has 4 amide bonds. The standard InChI is InChI=1S/C15H24O.4CH3NO4S/c1-15(2)10-12-8-6-4-3-5-7-9-13(12)14(16)11-15;4*2-1(3)7(4,5)6/h3-11H2,1-2H3;4*(H2,2,3)(H,4,5,6). The summed E-state index contributed by atoms with van der Waals surface area (Å²) in [5.41, 5.74) is 19.3. The van der Waals surface area contributed by atoms with E-state index in [1.165, 1.54) is 49.7 Å². The minimum Gasteiger partial charge on any atom is -0.354 e. The highest BCUT2D eigenvalue weighted by Crippen LogP contribution is 2.40. The molecule has 0 heterocycles. The number of allylic oxidation sites excluding steroid dienone is 2. The van der Waals surface area contributed by atoms with E-state index in [0.717, 1.165) is 19.3 Å². The van der Waals surface area contributed by atoms with Crippen molar-refractivity contribution in [1.29, 1.82) is 0 Å². The van der Waals surface area contributed by atoms with E-state index >= 15 is 0 Å². The van der Waals surface area contributed by atoms with Crippen LogP contribution in [0.4, 0.5) is 19.2 Å². The molecule has 0 spiro atoms. The van der Waals surface area contributed by atoms with Gasteiger partial charge >= 0.3 is 61.4 Å². The molecule has 0 aromatic rings. The Morgan fingerprint density at radius 2 is 0.795 bits per heavy atom. The molecular formula is C19H36N4O17S4. The van der Waals surface area contributed by atoms with Gasteiger partial charge in [0.05, 0.1) is 0 Å². The van der Waals surface area contributed by atoms with Gasteiger partial charge in [-0.3, -0.25) is 42.2 Å². The first-order valence-electron chi connectivity index (χ1n) is 11.7. The number of primary amides is 4. The van der Waals surface area contributed by atoms with Crippen molar-refractivity contribution >= 4 is 67.2 Å². The van der Waals surface area contributed by atoms with Crippen molar-refractivity contribution in [3.8, 4) is 0 Å². The lowest BCUT2D eigenvalue weighted by Crippen LogP contribution is -2.25. The molecule has 2 aliphatic rings. The summed E-state index contributed by atoms with van der Waals surface area (Å²) in [7, 11) is -18.4. The summed E-state index contributed by atoms with van der Waals surface area (Å²) in [6.45, 7) is 4.47. The molecule has 0 saturated heterocycles. The van der Waals surface area contributed by atoms with Gasteiger partial charge in [0.1, 0.15) is 0 Å². The van der Waals surface area contributed by atoms with Crippen LogP contribution in [0.25, 0.3) is 0 Å². The van der Waals surface area contributed by atoms with Crippen LogP contribution in [0.3, 0.4) is 0 Å². The summed E-state index contributed by atoms with van der Waals surface area (Å²) < 4.78 is 106. The molecule has 2 aliphatic carbocycles. The van der Waals surface area contributed by atoms with E-state index in [-0.39, 0.29) is 5.41 Å². The van der Waals surface area contributed by atoms with Crippen LogP contribution in [0.1, 0.15) is 71.6 Å². The maximum atomic E-state index is 12.2. The molecular weight excluding hydrogens is 684 g/mol. The van der Waals surface area contributed by atoms with Gasteiger partial charge in [-0.2, -0.15) is 33.7 Å². The number of carbonyl (C=O) groups excluding carboxylic acids is 5. The van der Waals surface area contributed by atoms with Crippen LogP contribution in [0.15, 0.2) is 11.1 Å². The number of nitrogens with two attached hydrogens (primary N) is 4. The zero-order valence-electron chi connectivity index (χ0n) is 23.4. The van der Waals surface area contributed by atoms with Crippen molar-refractivity contribution in [2.24, 2.45) is 28.3 Å². The van der Waals surface area contributed by atoms with Crippen molar-refractivity contribution in [2.75, 3.05) is 0 Å². The monoisotopic (exact) mass is 720 g/mol. The Bertz CT molecular complexity index is 1360. The maximum Gasteiger partial charge on any atom is 0.361 e. The zero-order valence-corrected chi connectivity index (χ0v) is 26.7. The van der Waals surface area contributed by atoms with Crippen LogP contribution in [0.5, 0.6) is 0 Å². The second-order valence-electron chi connectivity index (χ2n) is 9.47. The first kappa shape index (κ1) is 45.4. The van der Waals surface area contributed by atoms with Crippen LogP contribution in [-0.4, -0.2) is 78.6 Å². The summed E-state index contributed by atoms with van der Waals surface area (Å²) in [5, 5.41) is -6.92. The molecule has 0 atom stereocenters. The topological polar surface area (TPSA) is 407 Å². The normalized spacial score (nSPS) is 16.7. The molecule has 0 aromatic carbocycles. The average Bonchev–Trinajstić information content (AvgIpc) is 2.89. The van der Waals surface area contributed by atoms with E-state index in [1.54, 1.807) is 0 Å². The average molecular weight is 721 g/mol. The largest absolute Gasteiger partial charge is 0.361 e. The maximum absolute atomic E-state index is 12.2. The summed E-state index contributed by atoms with van der Waals surface area (Å²) in [5.74, 6) is 0.452. The minimum atomic E-state index is -4.60. The minimum absolute atomic E-state index is 0.212. The van der Waals surface area contributed by atoms with Crippen LogP contribution in [-0.2, 0) is 45.3 Å². The Morgan fingerprint density at radius 1 is 0.545 bits per heavy atom. The molecule has 12 N–H and O–H groups in total. The third-order valence-electron chi connectivity index (χ3n) is 5.02. The van der Waals surface area contributed by atoms with Gasteiger partial charge in [0.25, 0.3) is 0 Å². The van der Waals surface area contributed by atoms with E-state index in [1.807, 2.05) is 0 Å². The summed E-state index contributed by atoms with van der Waals surface area (Å²) in [4.78, 5) is 49.8. The van der Waals surface area contributed by atoms with Gasteiger partial charge in [0.15, 0.2) is 5.78 Å². The number of hydrogen-bond acceptors (Lipinski definition) is 13. The van der Waals surface area contributed by atoms with Gasteiger partial charge in [0, 0.05) is 6.42 Å². The first-order chi connectivity index (χ1) is 19.4. The van der Waals surface area contributed by atoms with Crippen LogP contribution in [0.2, 0.25) is 0 Å². The fourth-order valence-corrected chi connectivity index (χ4v) is 3.21. The molecule has 258 valence electrons. The fraction of sp³-hybridized carbons (Fsp3) is 0.632. The van der Waals surface area contributed by atoms with Crippen molar-refractivity contribution < 1.29 is 75.9 Å². The van der Waals surface area contributed by atoms with Gasteiger partial charge in [0.2, 0.25) is 0 Å². The number of amides is 4. The van der Waals surface area contributed by atoms with E-state index in [4.69, 9.17) is 18.2 Å². The lowest BCUT2D eigenvalue weighted by Gasteiger charge is -2.32. The van der Waals surface area contributed by atoms with E-state index in [9.17, 15) is 57.6 Å². The number of carbonyl (C=O) groups is 5. The van der Waals surface area contributed by atoms with Crippen molar-refractivity contribution in [1.82, 2.24) is 0 Å². The Balaban J connectivity index is -0.000000515. The Kier molecular flexibility index (Phi) is 19.2. The summed E-state index contributed by atoms with van der Waals surface area (Å²) in [6.07, 6.45) is 10.7. The Hall–Kier alpha value is -3.07. The van der Waals surface area contributed by atoms with Crippen molar-refractivity contribution in [3.05, 3.63) is 11.1 Å². The lowest BCUT2D eigenvalue weighted by molar-refractivity contribution is -0.118. The van der Waals surface area contributed by atoms with Gasteiger partial charge in [-0.05, 0) is 43.1 Å². The molecule has 0 unspecified atom stereocenters. The van der Waals surface area contributed by atoms with Gasteiger partial charge in [-0.15, -0.1) is 0 Å². The quantitative estimate of drug-likeness (QED) is 0.155. The second kappa shape index (κ2) is 18.7. The number of hydrogen-bond donors (Lipinski definition) is 8. The SMILES string of the molecule is CC1(C)CC(=O)C2=C(CCCCCCC2)C1.NC(=O)S(=O)(=O)O.NC(=O)S(=O)(=O)O.NC(=O)S(=O)(=O)O.NC(=O)S(=O)(=O)O. The highest BCUT2D eigenvalue weighted by atomic mass is 32.2. The van der Waals surface area contributed by atoms with Gasteiger partial charge < -0.3 is 22.9 Å². The third-order valence-corrected chi connectivity index (χ3v) is 7.05. The molecule has 0 radical (unpaired) electrons. The Labute approximate surface area is 253 Å². The van der Waals surface area contributed by atoms with Crippen molar-refractivity contribution in [3.63, 3.8) is 0 Å². The molecule has 21 nitrogen and oxygen atoms in total. The highest BCUT2D eigenvalue weighted by molar-refractivity contribution is 8.01. The summed E-state index contributed by atoms with van der Waals surface area (Å²) in [6, 6.07) is 0. The van der Waals surface area contributed by atoms with Crippen LogP contribution < -0.4 is 22.9 Å². The number of ketones is 1. The zero-order chi connectivity index (χ0) is 35.9. The fourth-order valence-electron chi connectivity index (χ4n) is 3.21. The lowest BCUT2D eigenvalue weighted by atomic mass is 9.72. The van der Waals surface area contributed by atoms with E-state index in [2.05, 4.69) is 36.8 Å². The van der Waals surface area contributed by atoms with Gasteiger partial charge in [-0.1, -0.05) is 38.7 Å². The van der Waals surface area contributed by atoms with Crippen molar-refractivity contribution in [2.45, 2.75) is 71.6 Å². The molecule has 0 fully saturated rings. The molecule has 0 bridgehead atoms. The van der Waals surface area contributed by atoms with E-state index < -0.39 is 61.4 Å². The summed E-state index contributed by atoms with van der Waals surface area (Å²) >= 11 is 0. The van der Waals surface area contributed by atoms with Gasteiger partial charge in [-0.25, -0.2) is 0 Å². The molecule has 0 aliphatic heterocycles. The predicted octanol–water partition coefficient (Wildman–Crippen LogP) is 0.228. The first-order valence-corrected chi connectivity index (χ1v) is 17.4. The van der Waals surface area contributed by atoms with E-state index in [0.29, 0.717) is 5.78 Å². The molecule has 0 saturated carbocycles. The second-order valence-corrected chi connectivity index (χ2v) is 14.9. The van der Waals surface area contributed by atoms with Crippen LogP contribution >= 0.6 is 0 Å². The molecule has 2 rings (SSSR count). The Morgan fingerprint density at radius 3 is 1.07 bits per heavy atom. The predicted molar refractivity (Wildman–Crippen MR) is 152 cm³/mol. The molecule has 44 heavy (non-hydrogen) atoms. The highest BCUT2D eigenvalue weighted by Gasteiger charge is 2.32. The third kappa shape index (κ3) is 23.4. The number of Topliss-reactive ketones (excluding diaryl/α,β-unsaturated/α-hetero) is 1.